The summed E-state index contributed by atoms with van der Waals surface area (Å²) < 4.78 is 5.33. The van der Waals surface area contributed by atoms with Gasteiger partial charge in [-0.25, -0.2) is 0 Å². The molecule has 0 radical (unpaired) electrons. The van der Waals surface area contributed by atoms with E-state index >= 15 is 0 Å². The summed E-state index contributed by atoms with van der Waals surface area (Å²) in [6.45, 7) is 0.587. The molecule has 3 N–H and O–H groups in total. The van der Waals surface area contributed by atoms with Crippen LogP contribution in [0.2, 0.25) is 0 Å². The Balaban J connectivity index is 1.49. The van der Waals surface area contributed by atoms with Crippen molar-refractivity contribution in [3.05, 3.63) is 47.9 Å². The molecule has 8 heteroatoms. The van der Waals surface area contributed by atoms with Gasteiger partial charge in [0, 0.05) is 18.5 Å². The molecule has 0 spiro atoms. The monoisotopic (exact) mass is 344 g/mol. The van der Waals surface area contributed by atoms with Crippen LogP contribution in [0.5, 0.6) is 0 Å². The van der Waals surface area contributed by atoms with Crippen LogP contribution in [0.4, 0.5) is 0 Å². The summed E-state index contributed by atoms with van der Waals surface area (Å²) in [7, 11) is 0. The van der Waals surface area contributed by atoms with Gasteiger partial charge in [0.2, 0.25) is 0 Å². The number of nitrogens with one attached hydrogen (secondary N) is 3. The molecule has 0 aliphatic carbocycles. The number of H-pyrrole nitrogens is 1. The molecule has 0 atom stereocenters. The smallest absolute Gasteiger partial charge is 0.287 e. The van der Waals surface area contributed by atoms with Gasteiger partial charge in [0.05, 0.1) is 5.52 Å². The molecule has 0 saturated heterocycles. The van der Waals surface area contributed by atoms with Crippen LogP contribution >= 0.6 is 11.8 Å². The third kappa shape index (κ3) is 3.43. The number of amides is 2. The van der Waals surface area contributed by atoms with Crippen LogP contribution in [-0.2, 0) is 0 Å². The normalized spacial score (nSPS) is 10.7. The lowest BCUT2D eigenvalue weighted by atomic mass is 10.2. The van der Waals surface area contributed by atoms with Crippen molar-refractivity contribution < 1.29 is 14.0 Å². The van der Waals surface area contributed by atoms with Gasteiger partial charge in [-0.2, -0.15) is 5.10 Å². The van der Waals surface area contributed by atoms with Crippen LogP contribution < -0.4 is 10.6 Å². The second-order valence-corrected chi connectivity index (χ2v) is 5.76. The lowest BCUT2D eigenvalue weighted by molar-refractivity contribution is 0.0906. The molecule has 24 heavy (non-hydrogen) atoms. The number of aromatic nitrogens is 2. The number of nitrogens with zero attached hydrogens (tertiary/aromatic N) is 1. The Morgan fingerprint density at radius 2 is 1.88 bits per heavy atom. The summed E-state index contributed by atoms with van der Waals surface area (Å²) in [6, 6.07) is 10.8. The maximum atomic E-state index is 12.1. The largest absolute Gasteiger partial charge is 0.445 e. The minimum atomic E-state index is -0.310. The number of para-hydroxylation sites is 1. The SMILES string of the molecule is CSc1ccc(C(=O)NCCNC(=O)c2n[nH]c3ccccc23)o1. The average molecular weight is 344 g/mol. The van der Waals surface area contributed by atoms with Crippen LogP contribution in [-0.4, -0.2) is 41.4 Å². The maximum absolute atomic E-state index is 12.1. The number of fused-ring (bicyclic) bond motifs is 1. The number of aromatic amines is 1. The molecule has 2 aromatic heterocycles. The van der Waals surface area contributed by atoms with Crippen molar-refractivity contribution in [3.63, 3.8) is 0 Å². The van der Waals surface area contributed by atoms with Gasteiger partial charge in [0.15, 0.2) is 16.5 Å². The Morgan fingerprint density at radius 3 is 2.62 bits per heavy atom. The van der Waals surface area contributed by atoms with Gasteiger partial charge in [-0.1, -0.05) is 30.0 Å². The Bertz CT molecular complexity index is 871. The zero-order valence-electron chi connectivity index (χ0n) is 13.0. The van der Waals surface area contributed by atoms with Crippen molar-refractivity contribution in [3.8, 4) is 0 Å². The third-order valence-electron chi connectivity index (χ3n) is 3.39. The molecule has 0 unspecified atom stereocenters. The first-order valence-corrected chi connectivity index (χ1v) is 8.55. The van der Waals surface area contributed by atoms with Crippen LogP contribution in [0.1, 0.15) is 21.0 Å². The molecule has 2 amide bonds. The van der Waals surface area contributed by atoms with E-state index < -0.39 is 0 Å². The van der Waals surface area contributed by atoms with Crippen LogP contribution in [0, 0.1) is 0 Å². The van der Waals surface area contributed by atoms with E-state index in [1.165, 1.54) is 11.8 Å². The number of rotatable bonds is 6. The molecule has 7 nitrogen and oxygen atoms in total. The molecule has 0 fully saturated rings. The third-order valence-corrected chi connectivity index (χ3v) is 4.01. The zero-order chi connectivity index (χ0) is 16.9. The molecule has 124 valence electrons. The van der Waals surface area contributed by atoms with E-state index in [2.05, 4.69) is 20.8 Å². The first-order chi connectivity index (χ1) is 11.7. The fourth-order valence-corrected chi connectivity index (χ4v) is 2.59. The molecule has 0 aliphatic rings. The van der Waals surface area contributed by atoms with Crippen molar-refractivity contribution in [2.24, 2.45) is 0 Å². The fraction of sp³-hybridized carbons (Fsp3) is 0.188. The predicted octanol–water partition coefficient (Wildman–Crippen LogP) is 2.04. The molecule has 1 aromatic carbocycles. The highest BCUT2D eigenvalue weighted by molar-refractivity contribution is 7.98. The Kier molecular flexibility index (Phi) is 4.85. The van der Waals surface area contributed by atoms with E-state index in [-0.39, 0.29) is 17.6 Å². The summed E-state index contributed by atoms with van der Waals surface area (Å²) in [6.07, 6.45) is 1.87. The van der Waals surface area contributed by atoms with E-state index in [0.29, 0.717) is 23.9 Å². The van der Waals surface area contributed by atoms with Crippen molar-refractivity contribution >= 4 is 34.5 Å². The maximum Gasteiger partial charge on any atom is 0.287 e. The minimum absolute atomic E-state index is 0.254. The zero-order valence-corrected chi connectivity index (χ0v) is 13.8. The van der Waals surface area contributed by atoms with E-state index in [1.807, 2.05) is 30.5 Å². The lowest BCUT2D eigenvalue weighted by Gasteiger charge is -2.05. The highest BCUT2D eigenvalue weighted by atomic mass is 32.2. The van der Waals surface area contributed by atoms with E-state index in [4.69, 9.17) is 4.42 Å². The van der Waals surface area contributed by atoms with E-state index in [9.17, 15) is 9.59 Å². The van der Waals surface area contributed by atoms with Crippen molar-refractivity contribution in [1.82, 2.24) is 20.8 Å². The molecular weight excluding hydrogens is 328 g/mol. The number of hydrogen-bond acceptors (Lipinski definition) is 5. The summed E-state index contributed by atoms with van der Waals surface area (Å²) in [5.41, 5.74) is 1.14. The van der Waals surface area contributed by atoms with E-state index in [1.54, 1.807) is 12.1 Å². The van der Waals surface area contributed by atoms with Crippen LogP contribution in [0.25, 0.3) is 10.9 Å². The van der Waals surface area contributed by atoms with E-state index in [0.717, 1.165) is 10.9 Å². The number of furan rings is 1. The second-order valence-electron chi connectivity index (χ2n) is 4.95. The summed E-state index contributed by atoms with van der Waals surface area (Å²) in [5.74, 6) is -0.344. The van der Waals surface area contributed by atoms with Gasteiger partial charge in [0.25, 0.3) is 11.8 Å². The van der Waals surface area contributed by atoms with Crippen LogP contribution in [0.3, 0.4) is 0 Å². The topological polar surface area (TPSA) is 100 Å². The van der Waals surface area contributed by atoms with Gasteiger partial charge in [-0.15, -0.1) is 0 Å². The lowest BCUT2D eigenvalue weighted by Crippen LogP contribution is -2.34. The van der Waals surface area contributed by atoms with Gasteiger partial charge < -0.3 is 15.1 Å². The molecule has 2 heterocycles. The average Bonchev–Trinajstić information content (AvgIpc) is 3.25. The molecule has 0 bridgehead atoms. The first-order valence-electron chi connectivity index (χ1n) is 7.32. The molecular formula is C16H16N4O3S. The number of benzene rings is 1. The quantitative estimate of drug-likeness (QED) is 0.469. The second kappa shape index (κ2) is 7.22. The summed E-state index contributed by atoms with van der Waals surface area (Å²) >= 11 is 1.43. The Hall–Kier alpha value is -2.74. The highest BCUT2D eigenvalue weighted by Crippen LogP contribution is 2.17. The molecule has 3 rings (SSSR count). The molecule has 0 aliphatic heterocycles. The first kappa shape index (κ1) is 16.1. The predicted molar refractivity (Wildman–Crippen MR) is 91.2 cm³/mol. The number of carbonyl (C=O) groups excluding carboxylic acids is 2. The summed E-state index contributed by atoms with van der Waals surface area (Å²) in [5, 5.41) is 13.7. The van der Waals surface area contributed by atoms with Gasteiger partial charge in [-0.05, 0) is 24.5 Å². The van der Waals surface area contributed by atoms with Crippen molar-refractivity contribution in [2.75, 3.05) is 19.3 Å². The fourth-order valence-electron chi connectivity index (χ4n) is 2.21. The number of thioether (sulfide) groups is 1. The van der Waals surface area contributed by atoms with Gasteiger partial charge in [0.1, 0.15) is 0 Å². The number of hydrogen-bond donors (Lipinski definition) is 3. The van der Waals surface area contributed by atoms with Gasteiger partial charge >= 0.3 is 0 Å². The Labute approximate surface area is 142 Å². The summed E-state index contributed by atoms with van der Waals surface area (Å²) in [4.78, 5) is 24.0. The molecule has 3 aromatic rings. The highest BCUT2D eigenvalue weighted by Gasteiger charge is 2.14. The van der Waals surface area contributed by atoms with Crippen molar-refractivity contribution in [1.29, 1.82) is 0 Å². The van der Waals surface area contributed by atoms with Crippen LogP contribution in [0.15, 0.2) is 45.9 Å². The van der Waals surface area contributed by atoms with Crippen molar-refractivity contribution in [2.45, 2.75) is 5.09 Å². The van der Waals surface area contributed by atoms with Gasteiger partial charge in [-0.3, -0.25) is 14.7 Å². The standard InChI is InChI=1S/C16H16N4O3S/c1-24-13-7-6-12(23-13)15(21)17-8-9-18-16(22)14-10-4-2-3-5-11(10)19-20-14/h2-7H,8-9H2,1H3,(H,17,21)(H,18,22)(H,19,20). The molecule has 0 saturated carbocycles. The Morgan fingerprint density at radius 1 is 1.12 bits per heavy atom. The number of carbonyl (C=O) groups is 2. The minimum Gasteiger partial charge on any atom is -0.445 e.